The first-order chi connectivity index (χ1) is 17.5. The highest BCUT2D eigenvalue weighted by Crippen LogP contribution is 2.39. The molecule has 36 heavy (non-hydrogen) atoms. The van der Waals surface area contributed by atoms with Crippen molar-refractivity contribution in [2.45, 2.75) is 20.8 Å². The van der Waals surface area contributed by atoms with Crippen LogP contribution in [0.15, 0.2) is 95.5 Å². The van der Waals surface area contributed by atoms with Crippen LogP contribution in [0.4, 0.5) is 0 Å². The van der Waals surface area contributed by atoms with E-state index in [1.165, 1.54) is 27.5 Å². The van der Waals surface area contributed by atoms with Crippen LogP contribution >= 0.6 is 0 Å². The maximum atomic E-state index is 6.55. The first-order valence-electron chi connectivity index (χ1n) is 12.2. The summed E-state index contributed by atoms with van der Waals surface area (Å²) in [7, 11) is 0. The number of pyridine rings is 2. The predicted molar refractivity (Wildman–Crippen MR) is 149 cm³/mol. The summed E-state index contributed by atoms with van der Waals surface area (Å²) in [6.45, 7) is 6.27. The Bertz CT molecular complexity index is 1980. The average molecular weight is 465 g/mol. The second-order valence-corrected chi connectivity index (χ2v) is 9.70. The predicted octanol–water partition coefficient (Wildman–Crippen LogP) is 8.94. The van der Waals surface area contributed by atoms with E-state index in [1.807, 2.05) is 19.2 Å². The van der Waals surface area contributed by atoms with Gasteiger partial charge in [-0.2, -0.15) is 0 Å². The fourth-order valence-corrected chi connectivity index (χ4v) is 5.25. The van der Waals surface area contributed by atoms with Gasteiger partial charge in [-0.1, -0.05) is 60.2 Å². The molecular formula is C33H24N2O. The van der Waals surface area contributed by atoms with Crippen LogP contribution in [0.5, 0.6) is 0 Å². The Kier molecular flexibility index (Phi) is 4.49. The van der Waals surface area contributed by atoms with Gasteiger partial charge in [0.25, 0.3) is 0 Å². The molecule has 0 radical (unpaired) electrons. The highest BCUT2D eigenvalue weighted by molar-refractivity contribution is 6.16. The molecule has 7 aromatic rings. The lowest BCUT2D eigenvalue weighted by atomic mass is 9.96. The maximum Gasteiger partial charge on any atom is 0.161 e. The second-order valence-electron chi connectivity index (χ2n) is 9.70. The molecule has 3 nitrogen and oxygen atoms in total. The van der Waals surface area contributed by atoms with Crippen molar-refractivity contribution in [3.05, 3.63) is 108 Å². The molecule has 3 heterocycles. The van der Waals surface area contributed by atoms with Crippen LogP contribution in [0.1, 0.15) is 16.8 Å². The van der Waals surface area contributed by atoms with Crippen molar-refractivity contribution in [1.82, 2.24) is 9.97 Å². The number of nitrogens with zero attached hydrogens (tertiary/aromatic N) is 2. The van der Waals surface area contributed by atoms with Gasteiger partial charge in [-0.15, -0.1) is 0 Å². The molecule has 0 amide bonds. The molecule has 0 aliphatic carbocycles. The van der Waals surface area contributed by atoms with Gasteiger partial charge < -0.3 is 4.42 Å². The van der Waals surface area contributed by atoms with Crippen molar-refractivity contribution in [1.29, 1.82) is 0 Å². The standard InChI is InChI=1S/C33H24N2O/c1-19-7-9-22-11-12-24(16-25(22)15-19)29-17-30(34-18-20(29)2)28-6-4-5-26-27-14-13-23-10-8-21(3)35-31(23)33(27)36-32(26)28/h4-18H,1-3H3. The van der Waals surface area contributed by atoms with Crippen molar-refractivity contribution >= 4 is 43.6 Å². The van der Waals surface area contributed by atoms with Crippen LogP contribution in [-0.2, 0) is 0 Å². The molecule has 4 aromatic carbocycles. The third kappa shape index (κ3) is 3.20. The normalized spacial score (nSPS) is 11.8. The molecule has 172 valence electrons. The average Bonchev–Trinajstić information content (AvgIpc) is 3.28. The Morgan fingerprint density at radius 3 is 2.36 bits per heavy atom. The Balaban J connectivity index is 1.44. The molecule has 0 fully saturated rings. The third-order valence-electron chi connectivity index (χ3n) is 7.15. The molecule has 7 rings (SSSR count). The van der Waals surface area contributed by atoms with E-state index in [1.54, 1.807) is 0 Å². The van der Waals surface area contributed by atoms with Gasteiger partial charge in [0.05, 0.1) is 5.69 Å². The number of hydrogen-bond acceptors (Lipinski definition) is 3. The van der Waals surface area contributed by atoms with Crippen LogP contribution in [0.3, 0.4) is 0 Å². The smallest absolute Gasteiger partial charge is 0.161 e. The zero-order valence-electron chi connectivity index (χ0n) is 20.5. The molecule has 0 saturated carbocycles. The summed E-state index contributed by atoms with van der Waals surface area (Å²) >= 11 is 0. The summed E-state index contributed by atoms with van der Waals surface area (Å²) in [5, 5.41) is 5.74. The number of benzene rings is 4. The number of hydrogen-bond donors (Lipinski definition) is 0. The largest absolute Gasteiger partial charge is 0.453 e. The van der Waals surface area contributed by atoms with Gasteiger partial charge in [0.2, 0.25) is 0 Å². The Morgan fingerprint density at radius 1 is 0.639 bits per heavy atom. The molecule has 0 unspecified atom stereocenters. The minimum atomic E-state index is 0.830. The molecule has 0 spiro atoms. The molecule has 3 aromatic heterocycles. The lowest BCUT2D eigenvalue weighted by Crippen LogP contribution is -1.90. The van der Waals surface area contributed by atoms with Crippen molar-refractivity contribution in [3.63, 3.8) is 0 Å². The van der Waals surface area contributed by atoms with E-state index in [-0.39, 0.29) is 0 Å². The summed E-state index contributed by atoms with van der Waals surface area (Å²) in [6.07, 6.45) is 1.97. The summed E-state index contributed by atoms with van der Waals surface area (Å²) in [4.78, 5) is 9.62. The number of furan rings is 1. The zero-order chi connectivity index (χ0) is 24.4. The quantitative estimate of drug-likeness (QED) is 0.256. The van der Waals surface area contributed by atoms with Gasteiger partial charge >= 0.3 is 0 Å². The molecular weight excluding hydrogens is 440 g/mol. The van der Waals surface area contributed by atoms with E-state index in [9.17, 15) is 0 Å². The number of para-hydroxylation sites is 1. The number of rotatable bonds is 2. The molecule has 0 N–H and O–H groups in total. The fourth-order valence-electron chi connectivity index (χ4n) is 5.25. The molecule has 0 aliphatic rings. The summed E-state index contributed by atoms with van der Waals surface area (Å²) in [5.74, 6) is 0. The van der Waals surface area contributed by atoms with Gasteiger partial charge in [0, 0.05) is 33.6 Å². The minimum absolute atomic E-state index is 0.830. The van der Waals surface area contributed by atoms with Crippen LogP contribution in [-0.4, -0.2) is 9.97 Å². The molecule has 0 saturated heterocycles. The first-order valence-corrected chi connectivity index (χ1v) is 12.2. The Morgan fingerprint density at radius 2 is 1.44 bits per heavy atom. The van der Waals surface area contributed by atoms with Gasteiger partial charge in [-0.25, -0.2) is 4.98 Å². The van der Waals surface area contributed by atoms with Gasteiger partial charge in [0.15, 0.2) is 5.58 Å². The molecule has 0 aliphatic heterocycles. The van der Waals surface area contributed by atoms with Crippen LogP contribution in [0.2, 0.25) is 0 Å². The van der Waals surface area contributed by atoms with Crippen LogP contribution < -0.4 is 0 Å². The van der Waals surface area contributed by atoms with Crippen molar-refractivity contribution in [3.8, 4) is 22.4 Å². The monoisotopic (exact) mass is 464 g/mol. The van der Waals surface area contributed by atoms with E-state index in [2.05, 4.69) is 92.7 Å². The maximum absolute atomic E-state index is 6.55. The van der Waals surface area contributed by atoms with Gasteiger partial charge in [0.1, 0.15) is 11.1 Å². The number of aryl methyl sites for hydroxylation is 3. The SMILES string of the molecule is Cc1ccc2ccc(-c3cc(-c4cccc5c4oc4c5ccc5ccc(C)nc54)ncc3C)cc2c1. The van der Waals surface area contributed by atoms with E-state index in [0.29, 0.717) is 0 Å². The lowest BCUT2D eigenvalue weighted by molar-refractivity contribution is 0.672. The molecule has 3 heteroatoms. The van der Waals surface area contributed by atoms with Crippen LogP contribution in [0.25, 0.3) is 66.0 Å². The van der Waals surface area contributed by atoms with Crippen LogP contribution in [0, 0.1) is 20.8 Å². The van der Waals surface area contributed by atoms with Gasteiger partial charge in [-0.3, -0.25) is 4.98 Å². The Hall–Kier alpha value is -4.50. The highest BCUT2D eigenvalue weighted by Gasteiger charge is 2.17. The summed E-state index contributed by atoms with van der Waals surface area (Å²) < 4.78 is 6.55. The van der Waals surface area contributed by atoms with E-state index in [4.69, 9.17) is 14.4 Å². The molecule has 0 bridgehead atoms. The van der Waals surface area contributed by atoms with Gasteiger partial charge in [-0.05, 0) is 78.6 Å². The lowest BCUT2D eigenvalue weighted by Gasteiger charge is -2.11. The highest BCUT2D eigenvalue weighted by atomic mass is 16.3. The van der Waals surface area contributed by atoms with Crippen molar-refractivity contribution < 1.29 is 4.42 Å². The number of aromatic nitrogens is 2. The molecule has 0 atom stereocenters. The summed E-state index contributed by atoms with van der Waals surface area (Å²) in [6, 6.07) is 30.1. The van der Waals surface area contributed by atoms with Crippen molar-refractivity contribution in [2.24, 2.45) is 0 Å². The van der Waals surface area contributed by atoms with Crippen molar-refractivity contribution in [2.75, 3.05) is 0 Å². The Labute approximate surface area is 209 Å². The fraction of sp³-hybridized carbons (Fsp3) is 0.0909. The zero-order valence-corrected chi connectivity index (χ0v) is 20.5. The summed E-state index contributed by atoms with van der Waals surface area (Å²) in [5.41, 5.74) is 10.2. The minimum Gasteiger partial charge on any atom is -0.453 e. The topological polar surface area (TPSA) is 38.9 Å². The second kappa shape index (κ2) is 7.76. The van der Waals surface area contributed by atoms with E-state index < -0.39 is 0 Å². The van der Waals surface area contributed by atoms with E-state index in [0.717, 1.165) is 55.4 Å². The first kappa shape index (κ1) is 20.8. The number of fused-ring (bicyclic) bond motifs is 6. The third-order valence-corrected chi connectivity index (χ3v) is 7.15. The van der Waals surface area contributed by atoms with E-state index >= 15 is 0 Å².